The molecule has 1 aromatic carbocycles. The molecule has 3 heterocycles. The Hall–Kier alpha value is -1.95. The van der Waals surface area contributed by atoms with Gasteiger partial charge >= 0.3 is 0 Å². The van der Waals surface area contributed by atoms with Crippen LogP contribution in [0, 0.1) is 0 Å². The van der Waals surface area contributed by atoms with Gasteiger partial charge in [0.2, 0.25) is 0 Å². The number of benzene rings is 1. The van der Waals surface area contributed by atoms with Crippen molar-refractivity contribution in [2.45, 2.75) is 38.6 Å². The second-order valence-corrected chi connectivity index (χ2v) is 7.43. The molecule has 5 heteroatoms. The molecule has 1 aromatic heterocycles. The average Bonchev–Trinajstić information content (AvgIpc) is 3.09. The van der Waals surface area contributed by atoms with Gasteiger partial charge in [-0.3, -0.25) is 14.8 Å². The molecule has 0 spiro atoms. The molecule has 0 bridgehead atoms. The molecule has 0 radical (unpaired) electrons. The van der Waals surface area contributed by atoms with Crippen molar-refractivity contribution < 1.29 is 9.47 Å². The van der Waals surface area contributed by atoms with Crippen LogP contribution in [0.25, 0.3) is 0 Å². The first-order valence-corrected chi connectivity index (χ1v) is 9.98. The smallest absolute Gasteiger partial charge is 0.130 e. The molecule has 144 valence electrons. The van der Waals surface area contributed by atoms with Gasteiger partial charge in [0.25, 0.3) is 0 Å². The van der Waals surface area contributed by atoms with Crippen LogP contribution in [0.2, 0.25) is 0 Å². The summed E-state index contributed by atoms with van der Waals surface area (Å²) in [7, 11) is 0. The molecule has 2 aliphatic heterocycles. The van der Waals surface area contributed by atoms with Crippen molar-refractivity contribution in [3.63, 3.8) is 0 Å². The molecule has 2 atom stereocenters. The quantitative estimate of drug-likeness (QED) is 0.785. The SMILES string of the molecule is C[C@@H]1[C@H](N2CCOCC2)CCN1Cc1ccccc1OCc1ccccn1. The van der Waals surface area contributed by atoms with Gasteiger partial charge in [-0.05, 0) is 31.5 Å². The minimum Gasteiger partial charge on any atom is -0.487 e. The van der Waals surface area contributed by atoms with E-state index in [1.807, 2.05) is 30.5 Å². The first-order valence-electron chi connectivity index (χ1n) is 9.98. The summed E-state index contributed by atoms with van der Waals surface area (Å²) in [4.78, 5) is 9.54. The Morgan fingerprint density at radius 2 is 1.89 bits per heavy atom. The van der Waals surface area contributed by atoms with Gasteiger partial charge in [0.15, 0.2) is 0 Å². The zero-order chi connectivity index (χ0) is 18.5. The Morgan fingerprint density at radius 1 is 1.07 bits per heavy atom. The number of ether oxygens (including phenoxy) is 2. The third-order valence-electron chi connectivity index (χ3n) is 5.81. The fraction of sp³-hybridized carbons (Fsp3) is 0.500. The molecule has 0 unspecified atom stereocenters. The molecule has 4 rings (SSSR count). The average molecular weight is 367 g/mol. The van der Waals surface area contributed by atoms with Gasteiger partial charge in [-0.25, -0.2) is 0 Å². The zero-order valence-electron chi connectivity index (χ0n) is 16.1. The number of likely N-dealkylation sites (tertiary alicyclic amines) is 1. The lowest BCUT2D eigenvalue weighted by atomic mass is 10.1. The number of para-hydroxylation sites is 1. The maximum atomic E-state index is 6.10. The van der Waals surface area contributed by atoms with Crippen molar-refractivity contribution in [3.05, 3.63) is 59.9 Å². The summed E-state index contributed by atoms with van der Waals surface area (Å²) in [5.41, 5.74) is 2.21. The van der Waals surface area contributed by atoms with Crippen molar-refractivity contribution in [2.75, 3.05) is 32.8 Å². The van der Waals surface area contributed by atoms with Gasteiger partial charge in [0.05, 0.1) is 18.9 Å². The number of nitrogens with zero attached hydrogens (tertiary/aromatic N) is 3. The van der Waals surface area contributed by atoms with E-state index in [1.165, 1.54) is 12.0 Å². The van der Waals surface area contributed by atoms with Gasteiger partial charge in [-0.15, -0.1) is 0 Å². The lowest BCUT2D eigenvalue weighted by Crippen LogP contribution is -2.48. The van der Waals surface area contributed by atoms with Crippen LogP contribution in [-0.2, 0) is 17.9 Å². The van der Waals surface area contributed by atoms with Gasteiger partial charge < -0.3 is 9.47 Å². The van der Waals surface area contributed by atoms with Gasteiger partial charge in [-0.2, -0.15) is 0 Å². The minimum atomic E-state index is 0.504. The second-order valence-electron chi connectivity index (χ2n) is 7.43. The summed E-state index contributed by atoms with van der Waals surface area (Å²) in [5, 5.41) is 0. The summed E-state index contributed by atoms with van der Waals surface area (Å²) in [6.07, 6.45) is 3.04. The lowest BCUT2D eigenvalue weighted by molar-refractivity contribution is 0.00980. The number of morpholine rings is 1. The van der Waals surface area contributed by atoms with E-state index in [2.05, 4.69) is 39.9 Å². The Labute approximate surface area is 161 Å². The van der Waals surface area contributed by atoms with Crippen molar-refractivity contribution >= 4 is 0 Å². The standard InChI is InChI=1S/C22H29N3O2/c1-18-21(24-12-14-26-15-13-24)9-11-25(18)16-19-6-2-3-8-22(19)27-17-20-7-4-5-10-23-20/h2-8,10,18,21H,9,11-17H2,1H3/t18-,21-/m1/s1. The number of rotatable bonds is 6. The van der Waals surface area contributed by atoms with E-state index in [0.717, 1.165) is 50.8 Å². The van der Waals surface area contributed by atoms with E-state index >= 15 is 0 Å². The minimum absolute atomic E-state index is 0.504. The molecular weight excluding hydrogens is 338 g/mol. The van der Waals surface area contributed by atoms with E-state index in [9.17, 15) is 0 Å². The maximum absolute atomic E-state index is 6.10. The summed E-state index contributed by atoms with van der Waals surface area (Å²) in [6, 6.07) is 15.5. The van der Waals surface area contributed by atoms with Crippen molar-refractivity contribution in [2.24, 2.45) is 0 Å². The van der Waals surface area contributed by atoms with E-state index in [0.29, 0.717) is 18.7 Å². The van der Waals surface area contributed by atoms with E-state index in [-0.39, 0.29) is 0 Å². The molecule has 0 amide bonds. The zero-order valence-corrected chi connectivity index (χ0v) is 16.1. The van der Waals surface area contributed by atoms with Gasteiger partial charge in [0.1, 0.15) is 12.4 Å². The van der Waals surface area contributed by atoms with Crippen LogP contribution in [0.5, 0.6) is 5.75 Å². The van der Waals surface area contributed by atoms with E-state index in [4.69, 9.17) is 9.47 Å². The van der Waals surface area contributed by atoms with E-state index < -0.39 is 0 Å². The third-order valence-corrected chi connectivity index (χ3v) is 5.81. The molecule has 0 aliphatic carbocycles. The normalized spacial score (nSPS) is 24.2. The molecule has 2 saturated heterocycles. The molecule has 0 N–H and O–H groups in total. The first-order chi connectivity index (χ1) is 13.3. The Bertz CT molecular complexity index is 719. The maximum Gasteiger partial charge on any atom is 0.130 e. The molecule has 2 fully saturated rings. The highest BCUT2D eigenvalue weighted by Gasteiger charge is 2.35. The Kier molecular flexibility index (Phi) is 6.02. The fourth-order valence-corrected chi connectivity index (χ4v) is 4.24. The number of hydrogen-bond donors (Lipinski definition) is 0. The number of hydrogen-bond acceptors (Lipinski definition) is 5. The van der Waals surface area contributed by atoms with Gasteiger partial charge in [0, 0.05) is 50.0 Å². The van der Waals surface area contributed by atoms with Crippen LogP contribution >= 0.6 is 0 Å². The van der Waals surface area contributed by atoms with Crippen LogP contribution in [0.15, 0.2) is 48.7 Å². The number of aromatic nitrogens is 1. The Morgan fingerprint density at radius 3 is 2.70 bits per heavy atom. The van der Waals surface area contributed by atoms with E-state index in [1.54, 1.807) is 0 Å². The molecule has 2 aliphatic rings. The largest absolute Gasteiger partial charge is 0.487 e. The predicted molar refractivity (Wildman–Crippen MR) is 106 cm³/mol. The topological polar surface area (TPSA) is 37.8 Å². The highest BCUT2D eigenvalue weighted by atomic mass is 16.5. The molecule has 2 aromatic rings. The van der Waals surface area contributed by atoms with Crippen molar-refractivity contribution in [1.82, 2.24) is 14.8 Å². The Balaban J connectivity index is 1.39. The summed E-state index contributed by atoms with van der Waals surface area (Å²) in [5.74, 6) is 0.963. The van der Waals surface area contributed by atoms with Crippen LogP contribution < -0.4 is 4.74 Å². The lowest BCUT2D eigenvalue weighted by Gasteiger charge is -2.36. The molecular formula is C22H29N3O2. The highest BCUT2D eigenvalue weighted by molar-refractivity contribution is 5.33. The first kappa shape index (κ1) is 18.4. The molecule has 0 saturated carbocycles. The van der Waals surface area contributed by atoms with Crippen LogP contribution in [-0.4, -0.2) is 59.7 Å². The fourth-order valence-electron chi connectivity index (χ4n) is 4.24. The monoisotopic (exact) mass is 367 g/mol. The number of pyridine rings is 1. The van der Waals surface area contributed by atoms with Crippen LogP contribution in [0.3, 0.4) is 0 Å². The summed E-state index contributed by atoms with van der Waals surface area (Å²) >= 11 is 0. The molecule has 5 nitrogen and oxygen atoms in total. The van der Waals surface area contributed by atoms with Crippen LogP contribution in [0.4, 0.5) is 0 Å². The van der Waals surface area contributed by atoms with Crippen molar-refractivity contribution in [1.29, 1.82) is 0 Å². The second kappa shape index (κ2) is 8.83. The summed E-state index contributed by atoms with van der Waals surface area (Å²) in [6.45, 7) is 8.80. The third kappa shape index (κ3) is 4.49. The predicted octanol–water partition coefficient (Wildman–Crippen LogP) is 2.96. The summed E-state index contributed by atoms with van der Waals surface area (Å²) < 4.78 is 11.6. The van der Waals surface area contributed by atoms with Gasteiger partial charge in [-0.1, -0.05) is 24.3 Å². The molecule has 27 heavy (non-hydrogen) atoms. The highest BCUT2D eigenvalue weighted by Crippen LogP contribution is 2.28. The van der Waals surface area contributed by atoms with Crippen molar-refractivity contribution in [3.8, 4) is 5.75 Å². The van der Waals surface area contributed by atoms with Crippen LogP contribution in [0.1, 0.15) is 24.6 Å².